The number of Topliss-reactive ketones (excluding diaryl/α,β-unsaturated/α-hetero) is 1. The number of benzene rings is 1. The van der Waals surface area contributed by atoms with Gasteiger partial charge in [0, 0.05) is 50.4 Å². The molecule has 8 heteroatoms. The fourth-order valence-electron chi connectivity index (χ4n) is 5.58. The number of hydrogen-bond acceptors (Lipinski definition) is 7. The standard InChI is InChI=1S/C27H34N4O4/c1-27(2)16-20-25(22(33)17-27)26(23-8-5-15-35-23)31(21-7-4-3-6-19(21)28-20)18-24(34)30-11-9-29(10-12-30)13-14-32/h3-8,15,26,28,32H,9-14,16-18H2,1-2H3. The zero-order chi connectivity index (χ0) is 24.6. The van der Waals surface area contributed by atoms with E-state index >= 15 is 0 Å². The van der Waals surface area contributed by atoms with Crippen LogP contribution in [0.2, 0.25) is 0 Å². The number of allylic oxidation sites excluding steroid dienone is 1. The van der Waals surface area contributed by atoms with E-state index in [1.54, 1.807) is 6.26 Å². The number of amides is 1. The van der Waals surface area contributed by atoms with E-state index in [1.807, 2.05) is 46.2 Å². The Labute approximate surface area is 206 Å². The van der Waals surface area contributed by atoms with Gasteiger partial charge in [-0.3, -0.25) is 14.5 Å². The van der Waals surface area contributed by atoms with E-state index in [0.717, 1.165) is 36.6 Å². The van der Waals surface area contributed by atoms with Gasteiger partial charge in [0.05, 0.1) is 30.8 Å². The molecule has 1 amide bonds. The van der Waals surface area contributed by atoms with Crippen LogP contribution >= 0.6 is 0 Å². The third-order valence-corrected chi connectivity index (χ3v) is 7.26. The summed E-state index contributed by atoms with van der Waals surface area (Å²) in [4.78, 5) is 33.3. The molecule has 8 nitrogen and oxygen atoms in total. The molecule has 1 saturated heterocycles. The van der Waals surface area contributed by atoms with E-state index < -0.39 is 6.04 Å². The number of rotatable bonds is 5. The van der Waals surface area contributed by atoms with Crippen LogP contribution in [0.3, 0.4) is 0 Å². The summed E-state index contributed by atoms with van der Waals surface area (Å²) in [6.07, 6.45) is 2.82. The van der Waals surface area contributed by atoms with Crippen LogP contribution in [0.5, 0.6) is 0 Å². The summed E-state index contributed by atoms with van der Waals surface area (Å²) < 4.78 is 5.88. The fourth-order valence-corrected chi connectivity index (χ4v) is 5.58. The Hall–Kier alpha value is -3.10. The number of ketones is 1. The molecule has 5 rings (SSSR count). The molecule has 0 saturated carbocycles. The molecule has 35 heavy (non-hydrogen) atoms. The predicted molar refractivity (Wildman–Crippen MR) is 134 cm³/mol. The molecule has 2 aliphatic heterocycles. The molecule has 3 aliphatic rings. The maximum absolute atomic E-state index is 13.6. The number of furan rings is 1. The summed E-state index contributed by atoms with van der Waals surface area (Å²) in [5.41, 5.74) is 3.22. The number of β-amino-alcohol motifs (C(OH)–C–C–N with tert-alkyl or cyclic N) is 1. The van der Waals surface area contributed by atoms with Gasteiger partial charge in [-0.25, -0.2) is 0 Å². The molecule has 1 atom stereocenters. The van der Waals surface area contributed by atoms with Gasteiger partial charge in [0.25, 0.3) is 0 Å². The Balaban J connectivity index is 1.53. The van der Waals surface area contributed by atoms with E-state index in [9.17, 15) is 14.7 Å². The number of anilines is 2. The van der Waals surface area contributed by atoms with Crippen LogP contribution in [0.1, 0.15) is 38.5 Å². The second kappa shape index (κ2) is 9.51. The van der Waals surface area contributed by atoms with E-state index in [4.69, 9.17) is 4.42 Å². The second-order valence-corrected chi connectivity index (χ2v) is 10.5. The number of aliphatic hydroxyl groups is 1. The van der Waals surface area contributed by atoms with Crippen LogP contribution in [0, 0.1) is 5.41 Å². The predicted octanol–water partition coefficient (Wildman–Crippen LogP) is 3.03. The van der Waals surface area contributed by atoms with Crippen LogP contribution in [-0.2, 0) is 9.59 Å². The van der Waals surface area contributed by atoms with Crippen molar-refractivity contribution in [3.05, 3.63) is 59.7 Å². The number of nitrogens with one attached hydrogen (secondary N) is 1. The molecule has 1 unspecified atom stereocenters. The smallest absolute Gasteiger partial charge is 0.242 e. The maximum Gasteiger partial charge on any atom is 0.242 e. The van der Waals surface area contributed by atoms with Crippen LogP contribution in [0.25, 0.3) is 0 Å². The summed E-state index contributed by atoms with van der Waals surface area (Å²) in [7, 11) is 0. The van der Waals surface area contributed by atoms with Crippen molar-refractivity contribution in [2.24, 2.45) is 5.41 Å². The van der Waals surface area contributed by atoms with Gasteiger partial charge in [0.2, 0.25) is 5.91 Å². The highest BCUT2D eigenvalue weighted by molar-refractivity contribution is 6.01. The molecule has 1 fully saturated rings. The molecule has 0 bridgehead atoms. The molecule has 186 valence electrons. The zero-order valence-electron chi connectivity index (χ0n) is 20.5. The summed E-state index contributed by atoms with van der Waals surface area (Å²) in [6, 6.07) is 11.2. The van der Waals surface area contributed by atoms with E-state index in [2.05, 4.69) is 24.1 Å². The Bertz CT molecular complexity index is 1120. The molecular formula is C27H34N4O4. The van der Waals surface area contributed by atoms with Crippen molar-refractivity contribution in [3.8, 4) is 0 Å². The van der Waals surface area contributed by atoms with Crippen LogP contribution in [-0.4, -0.2) is 72.5 Å². The van der Waals surface area contributed by atoms with Gasteiger partial charge in [-0.15, -0.1) is 0 Å². The van der Waals surface area contributed by atoms with Gasteiger partial charge in [-0.2, -0.15) is 0 Å². The van der Waals surface area contributed by atoms with Gasteiger partial charge in [-0.1, -0.05) is 26.0 Å². The minimum absolute atomic E-state index is 0.0210. The van der Waals surface area contributed by atoms with Crippen LogP contribution in [0.15, 0.2) is 58.3 Å². The molecule has 2 N–H and O–H groups in total. The number of aliphatic hydroxyl groups excluding tert-OH is 1. The molecule has 1 aromatic heterocycles. The number of carbonyl (C=O) groups is 2. The maximum atomic E-state index is 13.6. The highest BCUT2D eigenvalue weighted by Gasteiger charge is 2.43. The van der Waals surface area contributed by atoms with Crippen molar-refractivity contribution in [2.75, 3.05) is 56.1 Å². The normalized spacial score (nSPS) is 22.4. The molecule has 1 aliphatic carbocycles. The lowest BCUT2D eigenvalue weighted by atomic mass is 9.74. The van der Waals surface area contributed by atoms with Crippen LogP contribution in [0.4, 0.5) is 11.4 Å². The van der Waals surface area contributed by atoms with Crippen molar-refractivity contribution in [2.45, 2.75) is 32.7 Å². The zero-order valence-corrected chi connectivity index (χ0v) is 20.5. The monoisotopic (exact) mass is 478 g/mol. The lowest BCUT2D eigenvalue weighted by molar-refractivity contribution is -0.131. The molecule has 2 aromatic rings. The Morgan fingerprint density at radius 1 is 1.11 bits per heavy atom. The summed E-state index contributed by atoms with van der Waals surface area (Å²) in [6.45, 7) is 7.86. The van der Waals surface area contributed by atoms with E-state index in [1.165, 1.54) is 0 Å². The van der Waals surface area contributed by atoms with Gasteiger partial charge in [0.1, 0.15) is 11.8 Å². The van der Waals surface area contributed by atoms with Crippen molar-refractivity contribution >= 4 is 23.1 Å². The molecule has 0 spiro atoms. The summed E-state index contributed by atoms with van der Waals surface area (Å²) >= 11 is 0. The fraction of sp³-hybridized carbons (Fsp3) is 0.481. The van der Waals surface area contributed by atoms with Gasteiger partial charge in [0.15, 0.2) is 5.78 Å². The number of piperazine rings is 1. The SMILES string of the molecule is CC1(C)CC(=O)C2=C(C1)Nc1ccccc1N(CC(=O)N1CCN(CCO)CC1)C2c1ccco1. The first kappa shape index (κ1) is 23.6. The Morgan fingerprint density at radius 3 is 2.60 bits per heavy atom. The van der Waals surface area contributed by atoms with Gasteiger partial charge in [-0.05, 0) is 36.1 Å². The number of hydrogen-bond donors (Lipinski definition) is 2. The second-order valence-electron chi connectivity index (χ2n) is 10.5. The highest BCUT2D eigenvalue weighted by Crippen LogP contribution is 2.48. The van der Waals surface area contributed by atoms with Crippen LogP contribution < -0.4 is 10.2 Å². The molecular weight excluding hydrogens is 444 g/mol. The van der Waals surface area contributed by atoms with Gasteiger partial charge < -0.3 is 24.6 Å². The molecule has 3 heterocycles. The molecule has 1 aromatic carbocycles. The quantitative estimate of drug-likeness (QED) is 0.683. The Kier molecular flexibility index (Phi) is 6.42. The molecule has 0 radical (unpaired) electrons. The average molecular weight is 479 g/mol. The number of para-hydroxylation sites is 2. The number of fused-ring (bicyclic) bond motifs is 1. The topological polar surface area (TPSA) is 89.3 Å². The highest BCUT2D eigenvalue weighted by atomic mass is 16.3. The third kappa shape index (κ3) is 4.73. The minimum atomic E-state index is -0.487. The summed E-state index contributed by atoms with van der Waals surface area (Å²) in [5, 5.41) is 12.8. The third-order valence-electron chi connectivity index (χ3n) is 7.26. The average Bonchev–Trinajstić information content (AvgIpc) is 3.31. The Morgan fingerprint density at radius 2 is 1.89 bits per heavy atom. The first-order chi connectivity index (χ1) is 16.9. The summed E-state index contributed by atoms with van der Waals surface area (Å²) in [5.74, 6) is 0.769. The minimum Gasteiger partial charge on any atom is -0.467 e. The van der Waals surface area contributed by atoms with Crippen molar-refractivity contribution in [3.63, 3.8) is 0 Å². The van der Waals surface area contributed by atoms with Crippen molar-refractivity contribution in [1.29, 1.82) is 0 Å². The lowest BCUT2D eigenvalue weighted by Gasteiger charge is -2.39. The lowest BCUT2D eigenvalue weighted by Crippen LogP contribution is -2.52. The van der Waals surface area contributed by atoms with Crippen molar-refractivity contribution in [1.82, 2.24) is 9.80 Å². The first-order valence-corrected chi connectivity index (χ1v) is 12.4. The largest absolute Gasteiger partial charge is 0.467 e. The number of nitrogens with zero attached hydrogens (tertiary/aromatic N) is 3. The first-order valence-electron chi connectivity index (χ1n) is 12.4. The van der Waals surface area contributed by atoms with Gasteiger partial charge >= 0.3 is 0 Å². The van der Waals surface area contributed by atoms with E-state index in [-0.39, 0.29) is 30.3 Å². The van der Waals surface area contributed by atoms with E-state index in [0.29, 0.717) is 37.4 Å². The van der Waals surface area contributed by atoms with Crippen molar-refractivity contribution < 1.29 is 19.1 Å². The number of carbonyl (C=O) groups excluding carboxylic acids is 2.